The minimum atomic E-state index is -1.25. The first-order valence-electron chi connectivity index (χ1n) is 11.8. The number of carboxylic acid groups (broad SMARTS) is 1. The van der Waals surface area contributed by atoms with Gasteiger partial charge in [0.05, 0.1) is 0 Å². The predicted molar refractivity (Wildman–Crippen MR) is 145 cm³/mol. The summed E-state index contributed by atoms with van der Waals surface area (Å²) >= 11 is 1.29. The van der Waals surface area contributed by atoms with Crippen LogP contribution in [-0.4, -0.2) is 26.9 Å². The summed E-state index contributed by atoms with van der Waals surface area (Å²) in [5, 5.41) is 23.3. The van der Waals surface area contributed by atoms with Gasteiger partial charge in [0, 0.05) is 11.4 Å². The van der Waals surface area contributed by atoms with E-state index in [4.69, 9.17) is 9.36 Å². The number of aromatic nitrogens is 2. The molecule has 9 heteroatoms. The molecule has 0 amide bonds. The molecule has 38 heavy (non-hydrogen) atoms. The van der Waals surface area contributed by atoms with Gasteiger partial charge in [0.15, 0.2) is 11.7 Å². The lowest BCUT2D eigenvalue weighted by atomic mass is 9.77. The summed E-state index contributed by atoms with van der Waals surface area (Å²) in [6.45, 7) is 1.73. The Balaban J connectivity index is 1.53. The number of oxime groups is 1. The Bertz CT molecular complexity index is 1440. The lowest BCUT2D eigenvalue weighted by Crippen LogP contribution is -2.38. The highest BCUT2D eigenvalue weighted by atomic mass is 32.1. The van der Waals surface area contributed by atoms with E-state index >= 15 is 0 Å². The van der Waals surface area contributed by atoms with Gasteiger partial charge in [-0.3, -0.25) is 0 Å². The van der Waals surface area contributed by atoms with Crippen molar-refractivity contribution < 1.29 is 19.3 Å². The molecular formula is C29H24N4O4S. The van der Waals surface area contributed by atoms with Crippen molar-refractivity contribution in [1.29, 1.82) is 0 Å². The number of anilines is 1. The van der Waals surface area contributed by atoms with Crippen LogP contribution in [-0.2, 0) is 21.8 Å². The van der Waals surface area contributed by atoms with Crippen LogP contribution < -0.4 is 5.32 Å². The van der Waals surface area contributed by atoms with E-state index in [0.717, 1.165) is 16.7 Å². The number of hydrogen-bond acceptors (Lipinski definition) is 8. The van der Waals surface area contributed by atoms with Crippen LogP contribution in [0.15, 0.2) is 112 Å². The SMILES string of the molecule is Cc1cc(CON=C(C(=O)O)c2csc(NC(c3ccccc3)(c3ccccc3)c3ccccc3)n2)no1. The van der Waals surface area contributed by atoms with Crippen LogP contribution in [0.1, 0.15) is 33.8 Å². The normalized spacial score (nSPS) is 11.8. The van der Waals surface area contributed by atoms with E-state index in [0.29, 0.717) is 16.6 Å². The van der Waals surface area contributed by atoms with Gasteiger partial charge in [-0.05, 0) is 23.6 Å². The average molecular weight is 525 g/mol. The molecule has 2 heterocycles. The number of carboxylic acids is 1. The van der Waals surface area contributed by atoms with E-state index < -0.39 is 11.5 Å². The van der Waals surface area contributed by atoms with Gasteiger partial charge in [0.2, 0.25) is 5.71 Å². The Morgan fingerprint density at radius 2 is 1.53 bits per heavy atom. The molecule has 0 saturated carbocycles. The van der Waals surface area contributed by atoms with E-state index in [1.165, 1.54) is 11.3 Å². The van der Waals surface area contributed by atoms with Gasteiger partial charge in [-0.1, -0.05) is 101 Å². The van der Waals surface area contributed by atoms with Gasteiger partial charge >= 0.3 is 5.97 Å². The molecule has 2 aromatic heterocycles. The molecular weight excluding hydrogens is 500 g/mol. The molecule has 0 unspecified atom stereocenters. The molecule has 0 radical (unpaired) electrons. The molecule has 0 aliphatic carbocycles. The molecule has 190 valence electrons. The molecule has 0 aliphatic heterocycles. The maximum absolute atomic E-state index is 12.0. The topological polar surface area (TPSA) is 110 Å². The fourth-order valence-corrected chi connectivity index (χ4v) is 4.98. The van der Waals surface area contributed by atoms with Crippen molar-refractivity contribution in [2.45, 2.75) is 19.1 Å². The summed E-state index contributed by atoms with van der Waals surface area (Å²) in [6, 6.07) is 31.9. The first kappa shape index (κ1) is 24.9. The van der Waals surface area contributed by atoms with Gasteiger partial charge in [-0.2, -0.15) is 0 Å². The zero-order valence-electron chi connectivity index (χ0n) is 20.4. The first-order valence-corrected chi connectivity index (χ1v) is 12.7. The van der Waals surface area contributed by atoms with Crippen molar-refractivity contribution in [2.24, 2.45) is 5.16 Å². The highest BCUT2D eigenvalue weighted by Crippen LogP contribution is 2.40. The van der Waals surface area contributed by atoms with E-state index in [2.05, 4.69) is 57.0 Å². The van der Waals surface area contributed by atoms with Crippen LogP contribution in [0.5, 0.6) is 0 Å². The van der Waals surface area contributed by atoms with Gasteiger partial charge < -0.3 is 19.8 Å². The maximum Gasteiger partial charge on any atom is 0.360 e. The second-order valence-corrected chi connectivity index (χ2v) is 9.32. The smallest absolute Gasteiger partial charge is 0.360 e. The summed E-state index contributed by atoms with van der Waals surface area (Å²) in [6.07, 6.45) is 0. The minimum absolute atomic E-state index is 0.0253. The number of nitrogens with zero attached hydrogens (tertiary/aromatic N) is 3. The number of aliphatic carboxylic acids is 1. The van der Waals surface area contributed by atoms with Crippen LogP contribution in [0, 0.1) is 6.92 Å². The first-order chi connectivity index (χ1) is 18.6. The van der Waals surface area contributed by atoms with E-state index in [-0.39, 0.29) is 18.0 Å². The van der Waals surface area contributed by atoms with Crippen LogP contribution in [0.4, 0.5) is 5.13 Å². The molecule has 0 aliphatic rings. The number of carbonyl (C=O) groups is 1. The number of nitrogens with one attached hydrogen (secondary N) is 1. The lowest BCUT2D eigenvalue weighted by Gasteiger charge is -2.36. The number of benzene rings is 3. The molecule has 2 N–H and O–H groups in total. The maximum atomic E-state index is 12.0. The molecule has 8 nitrogen and oxygen atoms in total. The van der Waals surface area contributed by atoms with Gasteiger partial charge in [-0.25, -0.2) is 9.78 Å². The second-order valence-electron chi connectivity index (χ2n) is 8.46. The largest absolute Gasteiger partial charge is 0.476 e. The summed E-state index contributed by atoms with van der Waals surface area (Å²) in [4.78, 5) is 21.9. The van der Waals surface area contributed by atoms with Gasteiger partial charge in [0.25, 0.3) is 0 Å². The molecule has 0 fully saturated rings. The Kier molecular flexibility index (Phi) is 7.28. The van der Waals surface area contributed by atoms with Crippen molar-refractivity contribution in [1.82, 2.24) is 10.1 Å². The van der Waals surface area contributed by atoms with Crippen molar-refractivity contribution >= 4 is 28.1 Å². The monoisotopic (exact) mass is 524 g/mol. The summed E-state index contributed by atoms with van der Waals surface area (Å²) < 4.78 is 5.00. The standard InChI is InChI=1S/C29H24N4O4S/c1-20-17-24(32-37-20)18-36-33-26(27(34)35)25-19-38-28(30-25)31-29(21-11-5-2-6-12-21,22-13-7-3-8-14-22)23-15-9-4-10-16-23/h2-17,19H,18H2,1H3,(H,30,31)(H,34,35). The zero-order chi connectivity index (χ0) is 26.4. The van der Waals surface area contributed by atoms with Crippen molar-refractivity contribution in [3.05, 3.63) is 136 Å². The molecule has 5 aromatic rings. The van der Waals surface area contributed by atoms with Crippen molar-refractivity contribution in [3.8, 4) is 0 Å². The molecule has 5 rings (SSSR count). The summed E-state index contributed by atoms with van der Waals surface area (Å²) in [5.74, 6) is -0.626. The third-order valence-corrected chi connectivity index (χ3v) is 6.67. The number of rotatable bonds is 10. The third kappa shape index (κ3) is 5.18. The van der Waals surface area contributed by atoms with E-state index in [9.17, 15) is 9.90 Å². The third-order valence-electron chi connectivity index (χ3n) is 5.91. The number of thiazole rings is 1. The molecule has 0 atom stereocenters. The Hall–Kier alpha value is -4.76. The predicted octanol–water partition coefficient (Wildman–Crippen LogP) is 5.85. The highest BCUT2D eigenvalue weighted by Gasteiger charge is 2.37. The Morgan fingerprint density at radius 1 is 0.974 bits per heavy atom. The summed E-state index contributed by atoms with van der Waals surface area (Å²) in [5.41, 5.74) is 2.62. The molecule has 0 saturated heterocycles. The van der Waals surface area contributed by atoms with Gasteiger partial charge in [-0.15, -0.1) is 11.3 Å². The Morgan fingerprint density at radius 3 is 2.00 bits per heavy atom. The minimum Gasteiger partial charge on any atom is -0.476 e. The number of aryl methyl sites for hydroxylation is 1. The van der Waals surface area contributed by atoms with Crippen LogP contribution in [0.2, 0.25) is 0 Å². The summed E-state index contributed by atoms with van der Waals surface area (Å²) in [7, 11) is 0. The quantitative estimate of drug-likeness (QED) is 0.134. The van der Waals surface area contributed by atoms with Crippen molar-refractivity contribution in [3.63, 3.8) is 0 Å². The van der Waals surface area contributed by atoms with E-state index in [1.54, 1.807) is 18.4 Å². The van der Waals surface area contributed by atoms with Crippen LogP contribution in [0.3, 0.4) is 0 Å². The fraction of sp³-hybridized carbons (Fsp3) is 0.103. The van der Waals surface area contributed by atoms with Crippen molar-refractivity contribution in [2.75, 3.05) is 5.32 Å². The Labute approximate surface area is 223 Å². The van der Waals surface area contributed by atoms with Gasteiger partial charge in [0.1, 0.15) is 22.7 Å². The zero-order valence-corrected chi connectivity index (χ0v) is 21.3. The van der Waals surface area contributed by atoms with Crippen LogP contribution in [0.25, 0.3) is 0 Å². The molecule has 3 aromatic carbocycles. The highest BCUT2D eigenvalue weighted by molar-refractivity contribution is 7.14. The molecule has 0 spiro atoms. The van der Waals surface area contributed by atoms with Crippen LogP contribution >= 0.6 is 11.3 Å². The lowest BCUT2D eigenvalue weighted by molar-refractivity contribution is -0.129. The average Bonchev–Trinajstić information content (AvgIpc) is 3.59. The van der Waals surface area contributed by atoms with E-state index in [1.807, 2.05) is 54.6 Å². The number of hydrogen-bond donors (Lipinski definition) is 2. The fourth-order valence-electron chi connectivity index (χ4n) is 4.23. The second kappa shape index (κ2) is 11.1. The molecule has 0 bridgehead atoms.